The highest BCUT2D eigenvalue weighted by Gasteiger charge is 2.27. The number of hydrogen-bond acceptors (Lipinski definition) is 6. The average molecular weight is 412 g/mol. The van der Waals surface area contributed by atoms with Crippen LogP contribution in [0.1, 0.15) is 23.8 Å². The van der Waals surface area contributed by atoms with Crippen molar-refractivity contribution in [2.24, 2.45) is 7.05 Å². The van der Waals surface area contributed by atoms with Crippen LogP contribution in [0.4, 0.5) is 5.69 Å². The zero-order chi connectivity index (χ0) is 19.3. The molecule has 7 nitrogen and oxygen atoms in total. The number of aryl methyl sites for hydroxylation is 1. The molecule has 1 N–H and O–H groups in total. The van der Waals surface area contributed by atoms with E-state index in [1.807, 2.05) is 12.3 Å². The number of thiazole rings is 1. The van der Waals surface area contributed by atoms with Crippen molar-refractivity contribution in [2.45, 2.75) is 23.7 Å². The van der Waals surface area contributed by atoms with Crippen molar-refractivity contribution in [2.75, 3.05) is 4.72 Å². The third-order valence-corrected chi connectivity index (χ3v) is 7.29. The van der Waals surface area contributed by atoms with Gasteiger partial charge in [0.1, 0.15) is 4.90 Å². The number of nitrogens with one attached hydrogen (secondary N) is 1. The molecule has 0 spiro atoms. The molecule has 0 bridgehead atoms. The number of fused-ring (bicyclic) bond motifs is 1. The molecule has 0 atom stereocenters. The monoisotopic (exact) mass is 411 g/mol. The summed E-state index contributed by atoms with van der Waals surface area (Å²) in [6, 6.07) is 8.71. The predicted octanol–water partition coefficient (Wildman–Crippen LogP) is 3.77. The molecular weight excluding hydrogens is 394 g/mol. The van der Waals surface area contributed by atoms with Crippen LogP contribution < -0.4 is 4.72 Å². The maximum Gasteiger partial charge on any atom is 0.263 e. The first-order chi connectivity index (χ1) is 13.5. The van der Waals surface area contributed by atoms with Crippen molar-refractivity contribution in [1.82, 2.24) is 19.7 Å². The van der Waals surface area contributed by atoms with Gasteiger partial charge in [0, 0.05) is 30.7 Å². The highest BCUT2D eigenvalue weighted by atomic mass is 32.2. The molecule has 142 valence electrons. The Morgan fingerprint density at radius 3 is 2.71 bits per heavy atom. The van der Waals surface area contributed by atoms with Gasteiger partial charge in [-0.15, -0.1) is 11.3 Å². The number of aromatic nitrogens is 4. The molecule has 0 amide bonds. The second-order valence-electron chi connectivity index (χ2n) is 6.83. The van der Waals surface area contributed by atoms with E-state index >= 15 is 0 Å². The highest BCUT2D eigenvalue weighted by Crippen LogP contribution is 2.43. The zero-order valence-corrected chi connectivity index (χ0v) is 16.7. The number of pyridine rings is 1. The van der Waals surface area contributed by atoms with Gasteiger partial charge in [-0.3, -0.25) is 14.4 Å². The number of anilines is 1. The first-order valence-corrected chi connectivity index (χ1v) is 11.2. The maximum atomic E-state index is 12.8. The van der Waals surface area contributed by atoms with Crippen molar-refractivity contribution >= 4 is 38.0 Å². The summed E-state index contributed by atoms with van der Waals surface area (Å²) in [5.41, 5.74) is 1.95. The molecule has 0 saturated heterocycles. The number of sulfonamides is 1. The minimum atomic E-state index is -3.76. The van der Waals surface area contributed by atoms with E-state index in [2.05, 4.69) is 19.8 Å². The van der Waals surface area contributed by atoms with E-state index in [0.29, 0.717) is 11.6 Å². The van der Waals surface area contributed by atoms with Crippen LogP contribution in [0, 0.1) is 0 Å². The van der Waals surface area contributed by atoms with Crippen molar-refractivity contribution in [3.63, 3.8) is 0 Å². The summed E-state index contributed by atoms with van der Waals surface area (Å²) in [4.78, 5) is 9.88. The van der Waals surface area contributed by atoms with Crippen LogP contribution in [0.5, 0.6) is 0 Å². The fraction of sp³-hybridized carbons (Fsp3) is 0.211. The van der Waals surface area contributed by atoms with Gasteiger partial charge in [-0.05, 0) is 31.0 Å². The van der Waals surface area contributed by atoms with E-state index < -0.39 is 10.0 Å². The van der Waals surface area contributed by atoms with Gasteiger partial charge in [-0.1, -0.05) is 12.1 Å². The van der Waals surface area contributed by atoms with Gasteiger partial charge in [0.25, 0.3) is 10.0 Å². The van der Waals surface area contributed by atoms with Crippen molar-refractivity contribution in [3.8, 4) is 10.6 Å². The second kappa shape index (κ2) is 6.39. The Morgan fingerprint density at radius 1 is 1.11 bits per heavy atom. The summed E-state index contributed by atoms with van der Waals surface area (Å²) in [6.45, 7) is 0. The Kier molecular flexibility index (Phi) is 3.95. The molecule has 5 rings (SSSR count). The van der Waals surface area contributed by atoms with E-state index in [9.17, 15) is 8.42 Å². The highest BCUT2D eigenvalue weighted by molar-refractivity contribution is 7.92. The molecule has 1 fully saturated rings. The smallest absolute Gasteiger partial charge is 0.263 e. The van der Waals surface area contributed by atoms with E-state index in [1.165, 1.54) is 19.0 Å². The molecule has 1 aliphatic carbocycles. The third-order valence-electron chi connectivity index (χ3n) is 4.75. The second-order valence-corrected chi connectivity index (χ2v) is 9.58. The van der Waals surface area contributed by atoms with Crippen LogP contribution in [0.15, 0.2) is 53.8 Å². The minimum Gasteiger partial charge on any atom is -0.277 e. The summed E-state index contributed by atoms with van der Waals surface area (Å²) in [5, 5.41) is 6.19. The van der Waals surface area contributed by atoms with Crippen LogP contribution >= 0.6 is 11.3 Å². The van der Waals surface area contributed by atoms with E-state index in [0.717, 1.165) is 26.5 Å². The van der Waals surface area contributed by atoms with Crippen LogP contribution in [-0.4, -0.2) is 28.2 Å². The SMILES string of the molecule is Cn1ncc2cccc(NS(=O)(=O)c3ccc(-c4cnc(C5CC5)s4)nc3)c21. The van der Waals surface area contributed by atoms with Gasteiger partial charge in [0.05, 0.1) is 33.0 Å². The van der Waals surface area contributed by atoms with Gasteiger partial charge >= 0.3 is 0 Å². The van der Waals surface area contributed by atoms with Crippen molar-refractivity contribution in [3.05, 3.63) is 53.9 Å². The first-order valence-electron chi connectivity index (χ1n) is 8.87. The molecule has 3 heterocycles. The predicted molar refractivity (Wildman–Crippen MR) is 109 cm³/mol. The van der Waals surface area contributed by atoms with Crippen LogP contribution in [0.25, 0.3) is 21.5 Å². The van der Waals surface area contributed by atoms with Crippen LogP contribution in [0.2, 0.25) is 0 Å². The lowest BCUT2D eigenvalue weighted by Crippen LogP contribution is -2.14. The first kappa shape index (κ1) is 17.3. The Hall–Kier alpha value is -2.78. The van der Waals surface area contributed by atoms with E-state index in [1.54, 1.807) is 53.5 Å². The molecule has 1 aromatic carbocycles. The normalized spacial score (nSPS) is 14.5. The number of nitrogens with zero attached hydrogens (tertiary/aromatic N) is 4. The number of rotatable bonds is 5. The largest absolute Gasteiger partial charge is 0.277 e. The summed E-state index contributed by atoms with van der Waals surface area (Å²) in [7, 11) is -1.98. The van der Waals surface area contributed by atoms with Gasteiger partial charge < -0.3 is 0 Å². The lowest BCUT2D eigenvalue weighted by Gasteiger charge is -2.10. The third kappa shape index (κ3) is 3.06. The lowest BCUT2D eigenvalue weighted by molar-refractivity contribution is 0.601. The number of para-hydroxylation sites is 1. The Balaban J connectivity index is 1.43. The van der Waals surface area contributed by atoms with Crippen molar-refractivity contribution in [1.29, 1.82) is 0 Å². The van der Waals surface area contributed by atoms with Gasteiger partial charge in [-0.2, -0.15) is 5.10 Å². The minimum absolute atomic E-state index is 0.113. The number of benzene rings is 1. The van der Waals surface area contributed by atoms with E-state index in [-0.39, 0.29) is 4.90 Å². The zero-order valence-electron chi connectivity index (χ0n) is 15.0. The topological polar surface area (TPSA) is 89.8 Å². The van der Waals surface area contributed by atoms with Crippen LogP contribution in [0.3, 0.4) is 0 Å². The quantitative estimate of drug-likeness (QED) is 0.540. The standard InChI is InChI=1S/C19H17N5O2S2/c1-24-18-13(9-22-24)3-2-4-16(18)23-28(25,26)14-7-8-15(20-10-14)17-11-21-19(27-17)12-5-6-12/h2-4,7-12,23H,5-6H2,1H3. The Labute approximate surface area is 166 Å². The molecule has 0 aliphatic heterocycles. The molecule has 1 saturated carbocycles. The van der Waals surface area contributed by atoms with Gasteiger partial charge in [0.2, 0.25) is 0 Å². The molecule has 1 aliphatic rings. The molecule has 9 heteroatoms. The number of hydrogen-bond donors (Lipinski definition) is 1. The van der Waals surface area contributed by atoms with Gasteiger partial charge in [-0.25, -0.2) is 13.4 Å². The fourth-order valence-electron chi connectivity index (χ4n) is 3.13. The average Bonchev–Trinajstić information content (AvgIpc) is 3.29. The molecular formula is C19H17N5O2S2. The summed E-state index contributed by atoms with van der Waals surface area (Å²) < 4.78 is 30.0. The molecule has 0 unspecified atom stereocenters. The molecule has 28 heavy (non-hydrogen) atoms. The maximum absolute atomic E-state index is 12.8. The summed E-state index contributed by atoms with van der Waals surface area (Å²) >= 11 is 1.63. The lowest BCUT2D eigenvalue weighted by atomic mass is 10.2. The van der Waals surface area contributed by atoms with Crippen LogP contribution in [-0.2, 0) is 17.1 Å². The summed E-state index contributed by atoms with van der Waals surface area (Å²) in [6.07, 6.45) is 7.31. The molecule has 4 aromatic rings. The van der Waals surface area contributed by atoms with Gasteiger partial charge in [0.15, 0.2) is 0 Å². The molecule has 0 radical (unpaired) electrons. The molecule has 3 aromatic heterocycles. The van der Waals surface area contributed by atoms with E-state index in [4.69, 9.17) is 0 Å². The van der Waals surface area contributed by atoms with Crippen molar-refractivity contribution < 1.29 is 8.42 Å². The summed E-state index contributed by atoms with van der Waals surface area (Å²) in [5.74, 6) is 0.595. The Morgan fingerprint density at radius 2 is 1.96 bits per heavy atom. The Bertz CT molecular complexity index is 1270. The fourth-order valence-corrected chi connectivity index (χ4v) is 5.20.